The number of benzene rings is 1. The van der Waals surface area contributed by atoms with Gasteiger partial charge in [0.05, 0.1) is 28.8 Å². The molecule has 1 aromatic heterocycles. The van der Waals surface area contributed by atoms with Gasteiger partial charge >= 0.3 is 5.97 Å². The third-order valence-electron chi connectivity index (χ3n) is 3.20. The number of rotatable bonds is 7. The second-order valence-corrected chi connectivity index (χ2v) is 7.32. The quantitative estimate of drug-likeness (QED) is 0.684. The van der Waals surface area contributed by atoms with Gasteiger partial charge in [-0.15, -0.1) is 0 Å². The summed E-state index contributed by atoms with van der Waals surface area (Å²) in [6.45, 7) is 1.10. The van der Waals surface area contributed by atoms with E-state index < -0.39 is 28.4 Å². The van der Waals surface area contributed by atoms with Crippen LogP contribution in [0, 0.1) is 5.82 Å². The molecule has 0 saturated heterocycles. The molecular weight excluding hydrogens is 371 g/mol. The van der Waals surface area contributed by atoms with Gasteiger partial charge in [0.2, 0.25) is 10.0 Å². The number of hydrogen-bond donors (Lipinski definition) is 0. The third-order valence-corrected chi connectivity index (χ3v) is 5.28. The summed E-state index contributed by atoms with van der Waals surface area (Å²) in [5.41, 5.74) is 0.448. The van der Waals surface area contributed by atoms with Gasteiger partial charge in [0.15, 0.2) is 0 Å². The van der Waals surface area contributed by atoms with Crippen LogP contribution in [0.2, 0.25) is 5.02 Å². The fourth-order valence-corrected chi connectivity index (χ4v) is 3.66. The lowest BCUT2D eigenvalue weighted by Crippen LogP contribution is -2.36. The van der Waals surface area contributed by atoms with Crippen LogP contribution in [0.1, 0.15) is 12.6 Å². The highest BCUT2D eigenvalue weighted by molar-refractivity contribution is 7.89. The molecule has 0 N–H and O–H groups in total. The van der Waals surface area contributed by atoms with Crippen molar-refractivity contribution in [1.29, 1.82) is 0 Å². The van der Waals surface area contributed by atoms with E-state index in [9.17, 15) is 17.6 Å². The number of pyridine rings is 1. The molecule has 6 nitrogen and oxygen atoms in total. The van der Waals surface area contributed by atoms with E-state index in [0.29, 0.717) is 5.69 Å². The molecule has 0 atom stereocenters. The highest BCUT2D eigenvalue weighted by Crippen LogP contribution is 2.23. The molecule has 0 amide bonds. The number of hydrogen-bond acceptors (Lipinski definition) is 5. The number of nitrogens with zero attached hydrogens (tertiary/aromatic N) is 2. The lowest BCUT2D eigenvalue weighted by molar-refractivity contribution is -0.143. The third kappa shape index (κ3) is 4.97. The van der Waals surface area contributed by atoms with Crippen molar-refractivity contribution in [3.63, 3.8) is 0 Å². The smallest absolute Gasteiger partial charge is 0.321 e. The number of sulfonamides is 1. The minimum absolute atomic E-state index is 0.124. The second kappa shape index (κ2) is 8.37. The van der Waals surface area contributed by atoms with Crippen LogP contribution in [0.3, 0.4) is 0 Å². The zero-order valence-electron chi connectivity index (χ0n) is 13.4. The van der Waals surface area contributed by atoms with Crippen LogP contribution in [0.25, 0.3) is 0 Å². The minimum Gasteiger partial charge on any atom is -0.465 e. The molecular formula is C16H16ClFN2O4S. The molecule has 0 fully saturated rings. The maximum absolute atomic E-state index is 13.3. The Hall–Kier alpha value is -2.03. The molecule has 0 radical (unpaired) electrons. The van der Waals surface area contributed by atoms with E-state index in [1.807, 2.05) is 0 Å². The first-order valence-corrected chi connectivity index (χ1v) is 9.17. The highest BCUT2D eigenvalue weighted by Gasteiger charge is 2.28. The number of carbonyl (C=O) groups excluding carboxylic acids is 1. The number of halogens is 2. The molecule has 0 unspecified atom stereocenters. The summed E-state index contributed by atoms with van der Waals surface area (Å²) in [4.78, 5) is 15.7. The Morgan fingerprint density at radius 1 is 1.32 bits per heavy atom. The molecule has 134 valence electrons. The average molecular weight is 387 g/mol. The summed E-state index contributed by atoms with van der Waals surface area (Å²) in [5, 5.41) is -0.324. The van der Waals surface area contributed by atoms with Gasteiger partial charge in [-0.1, -0.05) is 17.7 Å². The Balaban J connectivity index is 2.37. The first-order chi connectivity index (χ1) is 11.8. The first kappa shape index (κ1) is 19.3. The van der Waals surface area contributed by atoms with Crippen molar-refractivity contribution in [2.24, 2.45) is 0 Å². The summed E-state index contributed by atoms with van der Waals surface area (Å²) < 4.78 is 44.8. The van der Waals surface area contributed by atoms with E-state index >= 15 is 0 Å². The molecule has 1 aromatic carbocycles. The number of aromatic nitrogens is 1. The molecule has 25 heavy (non-hydrogen) atoms. The first-order valence-electron chi connectivity index (χ1n) is 7.35. The molecule has 0 bridgehead atoms. The molecule has 2 aromatic rings. The van der Waals surface area contributed by atoms with Gasteiger partial charge in [-0.05, 0) is 37.3 Å². The molecule has 0 saturated carbocycles. The van der Waals surface area contributed by atoms with E-state index in [1.54, 1.807) is 25.1 Å². The van der Waals surface area contributed by atoms with Gasteiger partial charge in [-0.25, -0.2) is 12.8 Å². The fourth-order valence-electron chi connectivity index (χ4n) is 2.04. The van der Waals surface area contributed by atoms with Crippen molar-refractivity contribution >= 4 is 27.6 Å². The highest BCUT2D eigenvalue weighted by atomic mass is 35.5. The zero-order valence-corrected chi connectivity index (χ0v) is 14.9. The summed E-state index contributed by atoms with van der Waals surface area (Å²) in [5.74, 6) is -1.43. The Morgan fingerprint density at radius 3 is 2.68 bits per heavy atom. The standard InChI is InChI=1S/C16H16ClFN2O4S/c1-2-24-16(21)11-20(10-12-5-3-4-8-19-12)25(22,23)13-6-7-15(18)14(17)9-13/h3-9H,2,10-11H2,1H3. The van der Waals surface area contributed by atoms with Gasteiger partial charge in [-0.3, -0.25) is 9.78 Å². The Labute approximate surface area is 150 Å². The maximum atomic E-state index is 13.3. The molecule has 1 heterocycles. The maximum Gasteiger partial charge on any atom is 0.321 e. The van der Waals surface area contributed by atoms with Crippen LogP contribution in [-0.2, 0) is 26.1 Å². The fraction of sp³-hybridized carbons (Fsp3) is 0.250. The minimum atomic E-state index is -4.11. The molecule has 0 aliphatic carbocycles. The van der Waals surface area contributed by atoms with Gasteiger partial charge < -0.3 is 4.74 Å². The van der Waals surface area contributed by atoms with Crippen molar-refractivity contribution in [2.75, 3.05) is 13.2 Å². The zero-order chi connectivity index (χ0) is 18.4. The van der Waals surface area contributed by atoms with Crippen LogP contribution in [0.15, 0.2) is 47.5 Å². The van der Waals surface area contributed by atoms with Crippen LogP contribution in [-0.4, -0.2) is 36.8 Å². The summed E-state index contributed by atoms with van der Waals surface area (Å²) in [6, 6.07) is 8.07. The monoisotopic (exact) mass is 386 g/mol. The van der Waals surface area contributed by atoms with Crippen LogP contribution in [0.4, 0.5) is 4.39 Å². The van der Waals surface area contributed by atoms with Crippen LogP contribution < -0.4 is 0 Å². The summed E-state index contributed by atoms with van der Waals surface area (Å²) >= 11 is 5.68. The van der Waals surface area contributed by atoms with Gasteiger partial charge in [0.25, 0.3) is 0 Å². The van der Waals surface area contributed by atoms with E-state index in [1.165, 1.54) is 6.20 Å². The molecule has 0 spiro atoms. The second-order valence-electron chi connectivity index (χ2n) is 4.98. The van der Waals surface area contributed by atoms with Crippen molar-refractivity contribution in [3.8, 4) is 0 Å². The molecule has 2 rings (SSSR count). The van der Waals surface area contributed by atoms with Gasteiger partial charge in [0, 0.05) is 6.20 Å². The lowest BCUT2D eigenvalue weighted by Gasteiger charge is -2.21. The van der Waals surface area contributed by atoms with Crippen molar-refractivity contribution in [1.82, 2.24) is 9.29 Å². The van der Waals surface area contributed by atoms with E-state index in [-0.39, 0.29) is 23.1 Å². The normalized spacial score (nSPS) is 11.5. The molecule has 0 aliphatic rings. The Bertz CT molecular complexity index is 846. The number of esters is 1. The molecule has 9 heteroatoms. The van der Waals surface area contributed by atoms with Crippen molar-refractivity contribution < 1.29 is 22.3 Å². The van der Waals surface area contributed by atoms with Gasteiger partial charge in [0.1, 0.15) is 12.4 Å². The Kier molecular flexibility index (Phi) is 6.46. The Morgan fingerprint density at radius 2 is 2.08 bits per heavy atom. The summed E-state index contributed by atoms with van der Waals surface area (Å²) in [6.07, 6.45) is 1.51. The lowest BCUT2D eigenvalue weighted by atomic mass is 10.3. The SMILES string of the molecule is CCOC(=O)CN(Cc1ccccn1)S(=O)(=O)c1ccc(F)c(Cl)c1. The predicted octanol–water partition coefficient (Wildman–Crippen LogP) is 2.63. The van der Waals surface area contributed by atoms with E-state index in [4.69, 9.17) is 16.3 Å². The van der Waals surface area contributed by atoms with Crippen molar-refractivity contribution in [3.05, 3.63) is 59.1 Å². The predicted molar refractivity (Wildman–Crippen MR) is 89.9 cm³/mol. The van der Waals surface area contributed by atoms with E-state index in [0.717, 1.165) is 22.5 Å². The number of ether oxygens (including phenoxy) is 1. The number of carbonyl (C=O) groups is 1. The largest absolute Gasteiger partial charge is 0.465 e. The average Bonchev–Trinajstić information content (AvgIpc) is 2.58. The van der Waals surface area contributed by atoms with E-state index in [2.05, 4.69) is 4.98 Å². The summed E-state index contributed by atoms with van der Waals surface area (Å²) in [7, 11) is -4.11. The topological polar surface area (TPSA) is 76.6 Å². The van der Waals surface area contributed by atoms with Crippen LogP contribution >= 0.6 is 11.6 Å². The van der Waals surface area contributed by atoms with Crippen LogP contribution in [0.5, 0.6) is 0 Å². The van der Waals surface area contributed by atoms with Gasteiger partial charge in [-0.2, -0.15) is 4.31 Å². The van der Waals surface area contributed by atoms with Crippen molar-refractivity contribution in [2.45, 2.75) is 18.4 Å². The molecule has 0 aliphatic heterocycles.